The molecule has 0 fully saturated rings. The van der Waals surface area contributed by atoms with E-state index >= 15 is 0 Å². The predicted molar refractivity (Wildman–Crippen MR) is 126 cm³/mol. The lowest BCUT2D eigenvalue weighted by Gasteiger charge is -2.37. The van der Waals surface area contributed by atoms with Crippen LogP contribution in [0.3, 0.4) is 0 Å². The second-order valence-electron chi connectivity index (χ2n) is 9.82. The summed E-state index contributed by atoms with van der Waals surface area (Å²) >= 11 is 0. The fraction of sp³-hybridized carbons (Fsp3) is 1.00. The van der Waals surface area contributed by atoms with Gasteiger partial charge in [0.1, 0.15) is 0 Å². The molecular weight excluding hydrogens is 364 g/mol. The average molecular weight is 419 g/mol. The van der Waals surface area contributed by atoms with Crippen molar-refractivity contribution in [3.05, 3.63) is 0 Å². The Morgan fingerprint density at radius 3 is 1.24 bits per heavy atom. The zero-order chi connectivity index (χ0) is 22.9. The van der Waals surface area contributed by atoms with Gasteiger partial charge < -0.3 is 18.9 Å². The highest BCUT2D eigenvalue weighted by Crippen LogP contribution is 2.35. The number of methoxy groups -OCH3 is 4. The molecule has 0 unspecified atom stereocenters. The molecule has 29 heavy (non-hydrogen) atoms. The van der Waals surface area contributed by atoms with Crippen molar-refractivity contribution in [2.24, 2.45) is 28.6 Å². The molecule has 0 amide bonds. The van der Waals surface area contributed by atoms with Crippen molar-refractivity contribution in [3.8, 4) is 0 Å². The molecule has 4 heteroatoms. The summed E-state index contributed by atoms with van der Waals surface area (Å²) < 4.78 is 21.4. The molecule has 0 N–H and O–H groups in total. The Balaban J connectivity index is 0. The molecule has 0 saturated carbocycles. The van der Waals surface area contributed by atoms with Gasteiger partial charge in [-0.2, -0.15) is 0 Å². The van der Waals surface area contributed by atoms with E-state index in [0.29, 0.717) is 17.8 Å². The van der Waals surface area contributed by atoms with E-state index in [1.807, 2.05) is 0 Å². The minimum atomic E-state index is 0.178. The first kappa shape index (κ1) is 31.0. The van der Waals surface area contributed by atoms with Gasteiger partial charge in [-0.05, 0) is 30.6 Å². The molecule has 0 aromatic heterocycles. The number of hydrogen-bond donors (Lipinski definition) is 0. The minimum absolute atomic E-state index is 0.178. The van der Waals surface area contributed by atoms with Gasteiger partial charge in [-0.3, -0.25) is 0 Å². The second-order valence-corrected chi connectivity index (χ2v) is 9.82. The van der Waals surface area contributed by atoms with Crippen molar-refractivity contribution in [3.63, 3.8) is 0 Å². The fourth-order valence-electron chi connectivity index (χ4n) is 4.23. The van der Waals surface area contributed by atoms with Crippen molar-refractivity contribution in [2.45, 2.75) is 80.6 Å². The Morgan fingerprint density at radius 1 is 0.586 bits per heavy atom. The normalized spacial score (nSPS) is 12.6. The molecule has 0 aliphatic carbocycles. The van der Waals surface area contributed by atoms with E-state index in [9.17, 15) is 0 Å². The van der Waals surface area contributed by atoms with Crippen molar-refractivity contribution in [1.82, 2.24) is 0 Å². The molecule has 0 aliphatic rings. The number of hydrogen-bond acceptors (Lipinski definition) is 4. The Bertz CT molecular complexity index is 341. The molecule has 0 rings (SSSR count). The lowest BCUT2D eigenvalue weighted by Crippen LogP contribution is -2.38. The van der Waals surface area contributed by atoms with E-state index in [0.717, 1.165) is 32.8 Å². The van der Waals surface area contributed by atoms with E-state index in [4.69, 9.17) is 18.9 Å². The first-order chi connectivity index (χ1) is 13.6. The molecule has 0 bridgehead atoms. The van der Waals surface area contributed by atoms with E-state index in [1.165, 1.54) is 25.7 Å². The second kappa shape index (κ2) is 17.5. The summed E-state index contributed by atoms with van der Waals surface area (Å²) in [5.74, 6) is 1.88. The van der Waals surface area contributed by atoms with Crippen LogP contribution in [0.25, 0.3) is 0 Å². The Morgan fingerprint density at radius 2 is 0.966 bits per heavy atom. The van der Waals surface area contributed by atoms with E-state index in [-0.39, 0.29) is 10.8 Å². The standard InChI is InChI=1S/C13H28O2.C12H26O2/c1-6-7-8-9-13(10-14-4,11-15-5)12(2)3;1-10(2)7-12(8-13-5,9-14-6)11(3)4/h12H,6-11H2,1-5H3;10-11H,7-9H2,1-6H3. The Hall–Kier alpha value is -0.160. The van der Waals surface area contributed by atoms with Crippen molar-refractivity contribution in [1.29, 1.82) is 0 Å². The topological polar surface area (TPSA) is 36.9 Å². The third-order valence-corrected chi connectivity index (χ3v) is 6.27. The number of ether oxygens (including phenoxy) is 4. The van der Waals surface area contributed by atoms with Gasteiger partial charge in [0.25, 0.3) is 0 Å². The molecule has 0 radical (unpaired) electrons. The van der Waals surface area contributed by atoms with Crippen LogP contribution >= 0.6 is 0 Å². The molecule has 178 valence electrons. The van der Waals surface area contributed by atoms with E-state index in [1.54, 1.807) is 28.4 Å². The van der Waals surface area contributed by atoms with Crippen LogP contribution in [0.4, 0.5) is 0 Å². The van der Waals surface area contributed by atoms with Crippen LogP contribution in [0.15, 0.2) is 0 Å². The lowest BCUT2D eigenvalue weighted by atomic mass is 9.73. The van der Waals surface area contributed by atoms with Crippen LogP contribution in [-0.2, 0) is 18.9 Å². The number of unbranched alkanes of at least 4 members (excludes halogenated alkanes) is 2. The summed E-state index contributed by atoms with van der Waals surface area (Å²) in [6, 6.07) is 0. The molecular formula is C25H54O4. The molecule has 0 aromatic rings. The van der Waals surface area contributed by atoms with E-state index in [2.05, 4.69) is 48.5 Å². The van der Waals surface area contributed by atoms with Crippen molar-refractivity contribution in [2.75, 3.05) is 54.9 Å². The van der Waals surface area contributed by atoms with Crippen LogP contribution in [0.2, 0.25) is 0 Å². The monoisotopic (exact) mass is 418 g/mol. The van der Waals surface area contributed by atoms with Crippen LogP contribution in [0.1, 0.15) is 80.6 Å². The molecule has 0 aromatic carbocycles. The summed E-state index contributed by atoms with van der Waals surface area (Å²) in [7, 11) is 7.11. The molecule has 4 nitrogen and oxygen atoms in total. The van der Waals surface area contributed by atoms with Crippen molar-refractivity contribution < 1.29 is 18.9 Å². The van der Waals surface area contributed by atoms with Gasteiger partial charge in [0.05, 0.1) is 26.4 Å². The number of rotatable bonds is 16. The van der Waals surface area contributed by atoms with Gasteiger partial charge in [-0.1, -0.05) is 67.7 Å². The van der Waals surface area contributed by atoms with Crippen LogP contribution < -0.4 is 0 Å². The summed E-state index contributed by atoms with van der Waals surface area (Å²) in [5.41, 5.74) is 0.385. The SMILES string of the molecule is CCCCCC(COC)(COC)C(C)C.COCC(COC)(CC(C)C)C(C)C. The maximum Gasteiger partial charge on any atom is 0.0543 e. The van der Waals surface area contributed by atoms with Gasteiger partial charge in [0.2, 0.25) is 0 Å². The highest BCUT2D eigenvalue weighted by Gasteiger charge is 2.35. The van der Waals surface area contributed by atoms with Gasteiger partial charge in [0.15, 0.2) is 0 Å². The molecule has 0 aliphatic heterocycles. The van der Waals surface area contributed by atoms with Crippen LogP contribution in [0.5, 0.6) is 0 Å². The smallest absolute Gasteiger partial charge is 0.0543 e. The molecule has 0 spiro atoms. The summed E-state index contributed by atoms with van der Waals surface area (Å²) in [4.78, 5) is 0. The largest absolute Gasteiger partial charge is 0.384 e. The molecule has 0 heterocycles. The maximum atomic E-state index is 5.37. The van der Waals surface area contributed by atoms with Crippen LogP contribution in [0, 0.1) is 28.6 Å². The van der Waals surface area contributed by atoms with Crippen molar-refractivity contribution >= 4 is 0 Å². The Labute approximate surface area is 183 Å². The summed E-state index contributed by atoms with van der Waals surface area (Å²) in [5, 5.41) is 0. The van der Waals surface area contributed by atoms with E-state index < -0.39 is 0 Å². The quantitative estimate of drug-likeness (QED) is 0.269. The highest BCUT2D eigenvalue weighted by molar-refractivity contribution is 4.83. The van der Waals surface area contributed by atoms with Gasteiger partial charge in [-0.25, -0.2) is 0 Å². The van der Waals surface area contributed by atoms with Gasteiger partial charge in [0, 0.05) is 39.3 Å². The third kappa shape index (κ3) is 12.3. The average Bonchev–Trinajstić information content (AvgIpc) is 2.62. The molecule has 0 saturated heterocycles. The highest BCUT2D eigenvalue weighted by atomic mass is 16.5. The minimum Gasteiger partial charge on any atom is -0.384 e. The Kier molecular flexibility index (Phi) is 18.7. The first-order valence-corrected chi connectivity index (χ1v) is 11.6. The van der Waals surface area contributed by atoms with Gasteiger partial charge in [-0.15, -0.1) is 0 Å². The third-order valence-electron chi connectivity index (χ3n) is 6.27. The van der Waals surface area contributed by atoms with Crippen LogP contribution in [-0.4, -0.2) is 54.9 Å². The zero-order valence-electron chi connectivity index (χ0n) is 21.7. The fourth-order valence-corrected chi connectivity index (χ4v) is 4.23. The molecule has 0 atom stereocenters. The maximum absolute atomic E-state index is 5.37. The summed E-state index contributed by atoms with van der Waals surface area (Å²) in [6.07, 6.45) is 6.23. The van der Waals surface area contributed by atoms with Gasteiger partial charge >= 0.3 is 0 Å². The lowest BCUT2D eigenvalue weighted by molar-refractivity contribution is -0.0336. The first-order valence-electron chi connectivity index (χ1n) is 11.6. The summed E-state index contributed by atoms with van der Waals surface area (Å²) in [6.45, 7) is 19.0. The predicted octanol–water partition coefficient (Wildman–Crippen LogP) is 6.47. The zero-order valence-corrected chi connectivity index (χ0v) is 21.7.